The summed E-state index contributed by atoms with van der Waals surface area (Å²) in [6, 6.07) is 8.15. The van der Waals surface area contributed by atoms with Crippen LogP contribution in [0, 0.1) is 0 Å². The molecule has 1 N–H and O–H groups in total. The van der Waals surface area contributed by atoms with Gasteiger partial charge in [0.05, 0.1) is 33.5 Å². The molecule has 2 atom stereocenters. The monoisotopic (exact) mass is 359 g/mol. The highest BCUT2D eigenvalue weighted by atomic mass is 32.2. The molecule has 1 aromatic carbocycles. The van der Waals surface area contributed by atoms with E-state index in [0.717, 1.165) is 11.3 Å². The molecule has 1 aliphatic heterocycles. The van der Waals surface area contributed by atoms with Gasteiger partial charge < -0.3 is 4.74 Å². The minimum absolute atomic E-state index is 0.0606. The van der Waals surface area contributed by atoms with Gasteiger partial charge in [-0.25, -0.2) is 8.93 Å². The molecular formula is C16H25NO2S3. The normalized spacial score (nSPS) is 19.6. The van der Waals surface area contributed by atoms with Gasteiger partial charge in [-0.15, -0.1) is 23.5 Å². The van der Waals surface area contributed by atoms with Crippen LogP contribution < -0.4 is 9.46 Å². The summed E-state index contributed by atoms with van der Waals surface area (Å²) in [6.45, 7) is 6.00. The quantitative estimate of drug-likeness (QED) is 0.863. The predicted molar refractivity (Wildman–Crippen MR) is 100 cm³/mol. The smallest absolute Gasteiger partial charge is 0.119 e. The van der Waals surface area contributed by atoms with E-state index in [1.165, 1.54) is 17.9 Å². The molecule has 0 unspecified atom stereocenters. The first-order chi connectivity index (χ1) is 10.4. The van der Waals surface area contributed by atoms with Gasteiger partial charge in [0.15, 0.2) is 0 Å². The number of benzene rings is 1. The third-order valence-corrected chi connectivity index (χ3v) is 8.02. The van der Waals surface area contributed by atoms with Crippen LogP contribution in [0.2, 0.25) is 0 Å². The fourth-order valence-electron chi connectivity index (χ4n) is 2.11. The molecule has 1 saturated heterocycles. The molecule has 1 aliphatic rings. The second-order valence-corrected chi connectivity index (χ2v) is 11.0. The van der Waals surface area contributed by atoms with E-state index in [9.17, 15) is 4.21 Å². The van der Waals surface area contributed by atoms with Crippen molar-refractivity contribution in [1.82, 2.24) is 4.72 Å². The van der Waals surface area contributed by atoms with Crippen molar-refractivity contribution in [2.45, 2.75) is 42.6 Å². The molecule has 0 saturated carbocycles. The molecule has 2 rings (SSSR count). The molecule has 0 amide bonds. The van der Waals surface area contributed by atoms with Crippen molar-refractivity contribution in [3.8, 4) is 5.75 Å². The molecule has 0 spiro atoms. The summed E-state index contributed by atoms with van der Waals surface area (Å²) in [5, 5.41) is 0. The summed E-state index contributed by atoms with van der Waals surface area (Å²) in [5.74, 6) is 3.18. The average molecular weight is 360 g/mol. The van der Waals surface area contributed by atoms with E-state index in [1.54, 1.807) is 7.11 Å². The lowest BCUT2D eigenvalue weighted by atomic mass is 10.1. The van der Waals surface area contributed by atoms with Gasteiger partial charge in [-0.1, -0.05) is 12.1 Å². The van der Waals surface area contributed by atoms with Crippen LogP contribution in [0.1, 0.15) is 38.8 Å². The van der Waals surface area contributed by atoms with E-state index in [-0.39, 0.29) is 10.8 Å². The van der Waals surface area contributed by atoms with Crippen LogP contribution in [0.5, 0.6) is 5.75 Å². The highest BCUT2D eigenvalue weighted by molar-refractivity contribution is 8.17. The summed E-state index contributed by atoms with van der Waals surface area (Å²) in [5.41, 5.74) is 1.14. The lowest BCUT2D eigenvalue weighted by molar-refractivity contribution is 0.413. The zero-order valence-electron chi connectivity index (χ0n) is 13.6. The van der Waals surface area contributed by atoms with Crippen LogP contribution in [0.4, 0.5) is 0 Å². The van der Waals surface area contributed by atoms with E-state index >= 15 is 0 Å². The lowest BCUT2D eigenvalue weighted by Gasteiger charge is -2.32. The van der Waals surface area contributed by atoms with Gasteiger partial charge >= 0.3 is 0 Å². The maximum absolute atomic E-state index is 12.6. The Hall–Kier alpha value is -0.170. The van der Waals surface area contributed by atoms with Crippen molar-refractivity contribution >= 4 is 34.5 Å². The zero-order valence-corrected chi connectivity index (χ0v) is 16.1. The topological polar surface area (TPSA) is 38.3 Å². The first-order valence-electron chi connectivity index (χ1n) is 7.47. The van der Waals surface area contributed by atoms with Gasteiger partial charge in [0.2, 0.25) is 0 Å². The molecule has 22 heavy (non-hydrogen) atoms. The molecule has 1 aromatic rings. The maximum Gasteiger partial charge on any atom is 0.119 e. The van der Waals surface area contributed by atoms with E-state index in [1.807, 2.05) is 62.5 Å². The fourth-order valence-corrected chi connectivity index (χ4v) is 6.20. The molecular weight excluding hydrogens is 334 g/mol. The molecule has 3 nitrogen and oxygen atoms in total. The van der Waals surface area contributed by atoms with E-state index in [4.69, 9.17) is 4.74 Å². The summed E-state index contributed by atoms with van der Waals surface area (Å²) in [6.07, 6.45) is 1.25. The van der Waals surface area contributed by atoms with Crippen molar-refractivity contribution in [3.63, 3.8) is 0 Å². The minimum Gasteiger partial charge on any atom is -0.497 e. The number of rotatable bonds is 5. The zero-order chi connectivity index (χ0) is 16.2. The van der Waals surface area contributed by atoms with Crippen molar-refractivity contribution < 1.29 is 8.95 Å². The number of hydrogen-bond donors (Lipinski definition) is 1. The summed E-state index contributed by atoms with van der Waals surface area (Å²) >= 11 is 3.91. The second-order valence-electron chi connectivity index (χ2n) is 6.22. The Kier molecular flexibility index (Phi) is 6.68. The van der Waals surface area contributed by atoms with Gasteiger partial charge in [-0.3, -0.25) is 0 Å². The van der Waals surface area contributed by atoms with Gasteiger partial charge in [0, 0.05) is 0 Å². The molecule has 1 heterocycles. The number of methoxy groups -OCH3 is 1. The largest absolute Gasteiger partial charge is 0.497 e. The minimum atomic E-state index is -1.10. The van der Waals surface area contributed by atoms with Gasteiger partial charge in [0.1, 0.15) is 5.75 Å². The molecule has 1 fully saturated rings. The van der Waals surface area contributed by atoms with Crippen LogP contribution in [0.25, 0.3) is 0 Å². The van der Waals surface area contributed by atoms with Crippen molar-refractivity contribution in [2.24, 2.45) is 0 Å². The Morgan fingerprint density at radius 2 is 2.00 bits per heavy atom. The van der Waals surface area contributed by atoms with Gasteiger partial charge in [-0.2, -0.15) is 0 Å². The Morgan fingerprint density at radius 1 is 1.32 bits per heavy atom. The number of nitrogens with one attached hydrogen (secondary N) is 1. The van der Waals surface area contributed by atoms with Crippen molar-refractivity contribution in [3.05, 3.63) is 29.8 Å². The SMILES string of the molecule is COc1cccc([C@H](N[S@](=O)C(C)(C)C)C2SCCCS2)c1. The van der Waals surface area contributed by atoms with Crippen molar-refractivity contribution in [2.75, 3.05) is 18.6 Å². The van der Waals surface area contributed by atoms with Crippen molar-refractivity contribution in [1.29, 1.82) is 0 Å². The summed E-state index contributed by atoms with van der Waals surface area (Å²) in [4.78, 5) is 0. The number of hydrogen-bond acceptors (Lipinski definition) is 4. The Labute approximate surface area is 144 Å². The maximum atomic E-state index is 12.6. The number of ether oxygens (including phenoxy) is 1. The standard InChI is InChI=1S/C16H25NO2S3/c1-16(2,3)22(18)17-14(15-20-9-6-10-21-15)12-7-5-8-13(11-12)19-4/h5,7-8,11,14-15,17H,6,9-10H2,1-4H3/t14-,22+/m0/s1. The highest BCUT2D eigenvalue weighted by Crippen LogP contribution is 2.40. The summed E-state index contributed by atoms with van der Waals surface area (Å²) < 4.78 is 21.4. The Morgan fingerprint density at radius 3 is 2.59 bits per heavy atom. The first-order valence-corrected chi connectivity index (χ1v) is 10.7. The molecule has 0 bridgehead atoms. The second kappa shape index (κ2) is 8.08. The first kappa shape index (κ1) is 18.2. The molecule has 0 aromatic heterocycles. The fraction of sp³-hybridized carbons (Fsp3) is 0.625. The van der Waals surface area contributed by atoms with E-state index in [2.05, 4.69) is 10.8 Å². The van der Waals surface area contributed by atoms with E-state index < -0.39 is 11.0 Å². The van der Waals surface area contributed by atoms with E-state index in [0.29, 0.717) is 4.58 Å². The van der Waals surface area contributed by atoms with Gasteiger partial charge in [-0.05, 0) is 56.4 Å². The Bertz CT molecular complexity index is 510. The molecule has 124 valence electrons. The van der Waals surface area contributed by atoms with Crippen LogP contribution in [0.3, 0.4) is 0 Å². The third kappa shape index (κ3) is 4.91. The molecule has 6 heteroatoms. The van der Waals surface area contributed by atoms with Gasteiger partial charge in [0.25, 0.3) is 0 Å². The summed E-state index contributed by atoms with van der Waals surface area (Å²) in [7, 11) is 0.584. The predicted octanol–water partition coefficient (Wildman–Crippen LogP) is 3.98. The average Bonchev–Trinajstić information content (AvgIpc) is 2.52. The Balaban J connectivity index is 2.25. The molecule has 0 radical (unpaired) electrons. The van der Waals surface area contributed by atoms with Crippen LogP contribution in [-0.2, 0) is 11.0 Å². The van der Waals surface area contributed by atoms with Crippen LogP contribution in [0.15, 0.2) is 24.3 Å². The van der Waals surface area contributed by atoms with Crippen LogP contribution in [-0.4, -0.2) is 32.2 Å². The van der Waals surface area contributed by atoms with Crippen LogP contribution >= 0.6 is 23.5 Å². The highest BCUT2D eigenvalue weighted by Gasteiger charge is 2.31. The third-order valence-electron chi connectivity index (χ3n) is 3.37. The lowest BCUT2D eigenvalue weighted by Crippen LogP contribution is -2.39. The number of thioether (sulfide) groups is 2. The molecule has 0 aliphatic carbocycles.